The predicted octanol–water partition coefficient (Wildman–Crippen LogP) is 3.89. The van der Waals surface area contributed by atoms with Crippen LogP contribution in [-0.4, -0.2) is 0 Å². The van der Waals surface area contributed by atoms with E-state index in [2.05, 4.69) is 13.2 Å². The van der Waals surface area contributed by atoms with E-state index in [1.165, 1.54) is 0 Å². The third-order valence-electron chi connectivity index (χ3n) is 0.882. The van der Waals surface area contributed by atoms with Crippen LogP contribution in [0.2, 0.25) is 0 Å². The molecule has 0 aromatic rings. The highest BCUT2D eigenvalue weighted by Crippen LogP contribution is 1.91. The molecule has 0 heterocycles. The van der Waals surface area contributed by atoms with E-state index in [1.807, 2.05) is 46.8 Å². The molecule has 0 saturated heterocycles. The first-order chi connectivity index (χ1) is 5.56. The lowest BCUT2D eigenvalue weighted by atomic mass is 10.3. The lowest BCUT2D eigenvalue weighted by molar-refractivity contribution is 1.32. The molecule has 0 aliphatic heterocycles. The molecule has 1 heteroatoms. The van der Waals surface area contributed by atoms with Crippen molar-refractivity contribution in [1.29, 1.82) is 0 Å². The molecule has 0 aromatic heterocycles. The van der Waals surface area contributed by atoms with Crippen LogP contribution in [0.3, 0.4) is 0 Å². The van der Waals surface area contributed by atoms with Crippen LogP contribution >= 0.6 is 0 Å². The number of nitrogens with two attached hydrogens (primary N) is 1. The highest BCUT2D eigenvalue weighted by molar-refractivity contribution is 5.18. The van der Waals surface area contributed by atoms with Crippen LogP contribution in [0.25, 0.3) is 0 Å². The molecule has 0 bridgehead atoms. The minimum Gasteiger partial charge on any atom is -0.399 e. The summed E-state index contributed by atoms with van der Waals surface area (Å²) in [6.45, 7) is 16.8. The van der Waals surface area contributed by atoms with Gasteiger partial charge in [0.25, 0.3) is 0 Å². The Kier molecular flexibility index (Phi) is 23.7. The van der Waals surface area contributed by atoms with Crippen LogP contribution in [0.4, 0.5) is 0 Å². The minimum absolute atomic E-state index is 0. The van der Waals surface area contributed by atoms with Crippen molar-refractivity contribution < 1.29 is 1.43 Å². The highest BCUT2D eigenvalue weighted by atomic mass is 14.6. The zero-order valence-electron chi connectivity index (χ0n) is 9.15. The fourth-order valence-electron chi connectivity index (χ4n) is 0. The molecule has 0 rings (SSSR count). The molecule has 12 heavy (non-hydrogen) atoms. The Labute approximate surface area is 79.2 Å². The third kappa shape index (κ3) is 35.9. The quantitative estimate of drug-likeness (QED) is 0.470. The molecular weight excluding hydrogens is 146 g/mol. The summed E-state index contributed by atoms with van der Waals surface area (Å²) in [6.07, 6.45) is 4.00. The van der Waals surface area contributed by atoms with Gasteiger partial charge < -0.3 is 5.73 Å². The van der Waals surface area contributed by atoms with Gasteiger partial charge in [0.2, 0.25) is 0 Å². The van der Waals surface area contributed by atoms with Crippen LogP contribution < -0.4 is 5.73 Å². The van der Waals surface area contributed by atoms with E-state index in [-0.39, 0.29) is 1.43 Å². The molecule has 0 unspecified atom stereocenters. The normalized spacial score (nSPS) is 7.42. The van der Waals surface area contributed by atoms with Crippen LogP contribution in [0, 0.1) is 0 Å². The zero-order valence-corrected chi connectivity index (χ0v) is 9.15. The summed E-state index contributed by atoms with van der Waals surface area (Å²) in [5.41, 5.74) is 6.55. The van der Waals surface area contributed by atoms with Gasteiger partial charge >= 0.3 is 0 Å². The Hall–Kier alpha value is -0.980. The monoisotopic (exact) mass is 171 g/mol. The van der Waals surface area contributed by atoms with E-state index in [0.717, 1.165) is 5.57 Å². The molecule has 74 valence electrons. The lowest BCUT2D eigenvalue weighted by Gasteiger charge is -1.89. The number of rotatable bonds is 1. The summed E-state index contributed by atoms with van der Waals surface area (Å²) in [6, 6.07) is 0. The van der Waals surface area contributed by atoms with Crippen molar-refractivity contribution in [3.8, 4) is 0 Å². The molecule has 2 N–H and O–H groups in total. The van der Waals surface area contributed by atoms with Crippen molar-refractivity contribution in [3.63, 3.8) is 0 Å². The SMILES string of the molecule is C/C=C\C.C=C(C)C(=C)N.CC.[HH]. The second kappa shape index (κ2) is 16.5. The average molecular weight is 171 g/mol. The Morgan fingerprint density at radius 2 is 1.33 bits per heavy atom. The Morgan fingerprint density at radius 3 is 1.33 bits per heavy atom. The van der Waals surface area contributed by atoms with Crippen molar-refractivity contribution in [3.05, 3.63) is 36.6 Å². The number of hydrogen-bond donors (Lipinski definition) is 1. The molecule has 1 nitrogen and oxygen atoms in total. The standard InChI is InChI=1S/C5H9N.C4H8.C2H6.H2/c1-4(2)5(3)6;1-3-4-2;1-2;/h1,3,6H2,2H3;3-4H,1-2H3;1-2H3;1H/b;4-3-;;. The summed E-state index contributed by atoms with van der Waals surface area (Å²) in [4.78, 5) is 0. The van der Waals surface area contributed by atoms with E-state index >= 15 is 0 Å². The largest absolute Gasteiger partial charge is 0.399 e. The molecule has 0 saturated carbocycles. The van der Waals surface area contributed by atoms with Crippen molar-refractivity contribution >= 4 is 0 Å². The fourth-order valence-corrected chi connectivity index (χ4v) is 0. The van der Waals surface area contributed by atoms with Gasteiger partial charge in [0.15, 0.2) is 0 Å². The van der Waals surface area contributed by atoms with Gasteiger partial charge in [-0.3, -0.25) is 0 Å². The number of hydrogen-bond acceptors (Lipinski definition) is 1. The van der Waals surface area contributed by atoms with Crippen molar-refractivity contribution in [1.82, 2.24) is 0 Å². The Bertz CT molecular complexity index is 121. The lowest BCUT2D eigenvalue weighted by Crippen LogP contribution is -1.92. The summed E-state index contributed by atoms with van der Waals surface area (Å²) >= 11 is 0. The van der Waals surface area contributed by atoms with E-state index in [9.17, 15) is 0 Å². The maximum Gasteiger partial charge on any atom is 0.0264 e. The van der Waals surface area contributed by atoms with Gasteiger partial charge in [0, 0.05) is 7.12 Å². The van der Waals surface area contributed by atoms with E-state index in [1.54, 1.807) is 0 Å². The summed E-state index contributed by atoms with van der Waals surface area (Å²) in [5, 5.41) is 0. The van der Waals surface area contributed by atoms with Gasteiger partial charge in [0.1, 0.15) is 0 Å². The molecule has 0 radical (unpaired) electrons. The maximum absolute atomic E-state index is 5.14. The van der Waals surface area contributed by atoms with Crippen molar-refractivity contribution in [2.24, 2.45) is 5.73 Å². The van der Waals surface area contributed by atoms with Crippen molar-refractivity contribution in [2.75, 3.05) is 0 Å². The second-order valence-electron chi connectivity index (χ2n) is 1.97. The van der Waals surface area contributed by atoms with Gasteiger partial charge in [-0.05, 0) is 26.3 Å². The van der Waals surface area contributed by atoms with Crippen LogP contribution in [0.5, 0.6) is 0 Å². The van der Waals surface area contributed by atoms with Crippen LogP contribution in [-0.2, 0) is 0 Å². The van der Waals surface area contributed by atoms with Crippen molar-refractivity contribution in [2.45, 2.75) is 34.6 Å². The molecule has 0 spiro atoms. The predicted molar refractivity (Wildman–Crippen MR) is 62.1 cm³/mol. The first-order valence-corrected chi connectivity index (χ1v) is 4.23. The van der Waals surface area contributed by atoms with Gasteiger partial charge in [-0.15, -0.1) is 0 Å². The van der Waals surface area contributed by atoms with Crippen LogP contribution in [0.1, 0.15) is 36.0 Å². The van der Waals surface area contributed by atoms with Gasteiger partial charge in [-0.25, -0.2) is 0 Å². The first kappa shape index (κ1) is 17.2. The summed E-state index contributed by atoms with van der Waals surface area (Å²) in [7, 11) is 0. The molecule has 0 fully saturated rings. The molecule has 0 aliphatic rings. The molecule has 0 amide bonds. The molecular formula is C11H25N. The highest BCUT2D eigenvalue weighted by Gasteiger charge is 1.77. The van der Waals surface area contributed by atoms with Gasteiger partial charge in [0.05, 0.1) is 0 Å². The topological polar surface area (TPSA) is 26.0 Å². The van der Waals surface area contributed by atoms with E-state index in [0.29, 0.717) is 5.70 Å². The molecule has 0 aliphatic carbocycles. The van der Waals surface area contributed by atoms with Gasteiger partial charge in [-0.1, -0.05) is 39.2 Å². The zero-order chi connectivity index (χ0) is 10.6. The Morgan fingerprint density at radius 1 is 1.17 bits per heavy atom. The number of allylic oxidation sites excluding steroid dienone is 3. The molecule has 0 aromatic carbocycles. The smallest absolute Gasteiger partial charge is 0.0264 e. The first-order valence-electron chi connectivity index (χ1n) is 4.23. The van der Waals surface area contributed by atoms with Crippen LogP contribution in [0.15, 0.2) is 36.6 Å². The van der Waals surface area contributed by atoms with E-state index in [4.69, 9.17) is 5.73 Å². The third-order valence-corrected chi connectivity index (χ3v) is 0.882. The maximum atomic E-state index is 5.14. The summed E-state index contributed by atoms with van der Waals surface area (Å²) < 4.78 is 0. The van der Waals surface area contributed by atoms with Gasteiger partial charge in [-0.2, -0.15) is 0 Å². The Balaban J connectivity index is -0.0000000512. The second-order valence-corrected chi connectivity index (χ2v) is 1.97. The fraction of sp³-hybridized carbons (Fsp3) is 0.455. The molecule has 0 atom stereocenters. The minimum atomic E-state index is 0. The average Bonchev–Trinajstić information content (AvgIpc) is 2.08. The summed E-state index contributed by atoms with van der Waals surface area (Å²) in [5.74, 6) is 0. The van der Waals surface area contributed by atoms with E-state index < -0.39 is 0 Å².